The zero-order chi connectivity index (χ0) is 24.3. The van der Waals surface area contributed by atoms with Crippen molar-refractivity contribution in [3.8, 4) is 39.6 Å². The maximum absolute atomic E-state index is 10.2. The fourth-order valence-corrected chi connectivity index (χ4v) is 6.03. The fourth-order valence-electron chi connectivity index (χ4n) is 6.03. The fraction of sp³-hybridized carbons (Fsp3) is 0.152. The molecule has 0 unspecified atom stereocenters. The van der Waals surface area contributed by atoms with Gasteiger partial charge in [0.25, 0.3) is 0 Å². The number of rotatable bonds is 2. The van der Waals surface area contributed by atoms with Crippen LogP contribution in [0.15, 0.2) is 91.1 Å². The molecule has 0 amide bonds. The van der Waals surface area contributed by atoms with E-state index in [1.54, 1.807) is 0 Å². The second-order valence-corrected chi connectivity index (χ2v) is 10.1. The average molecular weight is 452 g/mol. The Morgan fingerprint density at radius 3 is 2.17 bits per heavy atom. The molecule has 1 aromatic heterocycles. The smallest absolute Gasteiger partial charge is 0.201 e. The van der Waals surface area contributed by atoms with E-state index in [4.69, 9.17) is 0 Å². The molecule has 0 radical (unpaired) electrons. The Labute approximate surface area is 206 Å². The topological polar surface area (TPSA) is 27.7 Å². The SMILES string of the molecule is Cc1ccc2c(c1-c1cccc[n+]1C)C(C)(C)c1c-2ccc(C#N)c1-c1ccc2ccccc2c1. The molecule has 0 spiro atoms. The molecule has 1 aliphatic rings. The van der Waals surface area contributed by atoms with Crippen LogP contribution in [0.4, 0.5) is 0 Å². The van der Waals surface area contributed by atoms with Crippen LogP contribution in [0.5, 0.6) is 0 Å². The molecule has 5 aromatic rings. The summed E-state index contributed by atoms with van der Waals surface area (Å²) < 4.78 is 2.20. The van der Waals surface area contributed by atoms with E-state index < -0.39 is 0 Å². The van der Waals surface area contributed by atoms with Crippen LogP contribution in [0.1, 0.15) is 36.1 Å². The van der Waals surface area contributed by atoms with Gasteiger partial charge in [0.2, 0.25) is 5.69 Å². The summed E-state index contributed by atoms with van der Waals surface area (Å²) in [6.45, 7) is 6.83. The quantitative estimate of drug-likeness (QED) is 0.256. The van der Waals surface area contributed by atoms with E-state index in [0.717, 1.165) is 16.7 Å². The predicted molar refractivity (Wildman–Crippen MR) is 143 cm³/mol. The first-order valence-corrected chi connectivity index (χ1v) is 12.1. The Morgan fingerprint density at radius 1 is 0.743 bits per heavy atom. The zero-order valence-corrected chi connectivity index (χ0v) is 20.6. The number of hydrogen-bond acceptors (Lipinski definition) is 1. The molecule has 0 atom stereocenters. The molecular weight excluding hydrogens is 424 g/mol. The summed E-state index contributed by atoms with van der Waals surface area (Å²) in [5, 5.41) is 12.6. The van der Waals surface area contributed by atoms with Gasteiger partial charge in [-0.3, -0.25) is 0 Å². The third kappa shape index (κ3) is 3.05. The highest BCUT2D eigenvalue weighted by atomic mass is 14.9. The normalized spacial score (nSPS) is 13.3. The van der Waals surface area contributed by atoms with E-state index in [1.807, 2.05) is 6.07 Å². The Bertz CT molecular complexity index is 1700. The van der Waals surface area contributed by atoms with Gasteiger partial charge in [-0.05, 0) is 69.3 Å². The number of nitrogens with zero attached hydrogens (tertiary/aromatic N) is 2. The highest BCUT2D eigenvalue weighted by molar-refractivity contribution is 5.96. The van der Waals surface area contributed by atoms with Gasteiger partial charge in [0.05, 0.1) is 17.2 Å². The Morgan fingerprint density at radius 2 is 1.43 bits per heavy atom. The van der Waals surface area contributed by atoms with E-state index in [0.29, 0.717) is 0 Å². The van der Waals surface area contributed by atoms with Gasteiger partial charge in [-0.15, -0.1) is 0 Å². The number of nitriles is 1. The predicted octanol–water partition coefficient (Wildman–Crippen LogP) is 7.48. The van der Waals surface area contributed by atoms with Gasteiger partial charge in [0.1, 0.15) is 7.05 Å². The van der Waals surface area contributed by atoms with Crippen LogP contribution in [-0.2, 0) is 12.5 Å². The van der Waals surface area contributed by atoms with E-state index >= 15 is 0 Å². The van der Waals surface area contributed by atoms with Crippen molar-refractivity contribution in [2.75, 3.05) is 0 Å². The molecular formula is C33H27N2+. The third-order valence-corrected chi connectivity index (χ3v) is 7.63. The summed E-state index contributed by atoms with van der Waals surface area (Å²) in [5.74, 6) is 0. The summed E-state index contributed by atoms with van der Waals surface area (Å²) in [6, 6.07) is 32.5. The Kier molecular flexibility index (Phi) is 4.66. The Hall–Kier alpha value is -4.22. The van der Waals surface area contributed by atoms with Crippen LogP contribution in [0.3, 0.4) is 0 Å². The molecule has 1 aliphatic carbocycles. The van der Waals surface area contributed by atoms with Crippen LogP contribution in [0, 0.1) is 18.3 Å². The molecule has 2 heteroatoms. The van der Waals surface area contributed by atoms with Crippen LogP contribution >= 0.6 is 0 Å². The largest absolute Gasteiger partial charge is 0.212 e. The molecule has 0 bridgehead atoms. The first kappa shape index (κ1) is 21.3. The lowest BCUT2D eigenvalue weighted by molar-refractivity contribution is -0.660. The molecule has 4 aromatic carbocycles. The minimum Gasteiger partial charge on any atom is -0.201 e. The summed E-state index contributed by atoms with van der Waals surface area (Å²) >= 11 is 0. The van der Waals surface area contributed by atoms with Crippen molar-refractivity contribution in [3.63, 3.8) is 0 Å². The number of aryl methyl sites for hydroxylation is 2. The van der Waals surface area contributed by atoms with Crippen molar-refractivity contribution in [3.05, 3.63) is 113 Å². The summed E-state index contributed by atoms with van der Waals surface area (Å²) in [4.78, 5) is 0. The summed E-state index contributed by atoms with van der Waals surface area (Å²) in [6.07, 6.45) is 2.11. The van der Waals surface area contributed by atoms with Gasteiger partial charge < -0.3 is 0 Å². The van der Waals surface area contributed by atoms with Crippen molar-refractivity contribution in [2.24, 2.45) is 7.05 Å². The number of fused-ring (bicyclic) bond motifs is 4. The lowest BCUT2D eigenvalue weighted by atomic mass is 9.75. The summed E-state index contributed by atoms with van der Waals surface area (Å²) in [7, 11) is 2.11. The molecule has 2 nitrogen and oxygen atoms in total. The number of aromatic nitrogens is 1. The Balaban J connectivity index is 1.69. The molecule has 1 heterocycles. The number of benzene rings is 4. The van der Waals surface area contributed by atoms with Crippen LogP contribution < -0.4 is 4.57 Å². The summed E-state index contributed by atoms with van der Waals surface area (Å²) in [5.41, 5.74) is 11.4. The van der Waals surface area contributed by atoms with Crippen molar-refractivity contribution < 1.29 is 4.57 Å². The van der Waals surface area contributed by atoms with Crippen LogP contribution in [-0.4, -0.2) is 0 Å². The van der Waals surface area contributed by atoms with E-state index in [-0.39, 0.29) is 5.41 Å². The number of hydrogen-bond donors (Lipinski definition) is 0. The van der Waals surface area contributed by atoms with Crippen molar-refractivity contribution in [1.29, 1.82) is 5.26 Å². The highest BCUT2D eigenvalue weighted by Gasteiger charge is 2.42. The molecule has 0 N–H and O–H groups in total. The lowest BCUT2D eigenvalue weighted by Gasteiger charge is -2.27. The third-order valence-electron chi connectivity index (χ3n) is 7.63. The first-order valence-electron chi connectivity index (χ1n) is 12.1. The van der Waals surface area contributed by atoms with Crippen molar-refractivity contribution in [1.82, 2.24) is 0 Å². The maximum atomic E-state index is 10.2. The minimum absolute atomic E-state index is 0.275. The second-order valence-electron chi connectivity index (χ2n) is 10.1. The van der Waals surface area contributed by atoms with E-state index in [1.165, 1.54) is 49.8 Å². The molecule has 35 heavy (non-hydrogen) atoms. The number of pyridine rings is 1. The van der Waals surface area contributed by atoms with Gasteiger partial charge in [0, 0.05) is 23.1 Å². The second kappa shape index (κ2) is 7.65. The zero-order valence-electron chi connectivity index (χ0n) is 20.6. The van der Waals surface area contributed by atoms with Crippen LogP contribution in [0.25, 0.3) is 44.3 Å². The molecule has 0 saturated carbocycles. The standard InChI is InChI=1S/C33H27N2/c1-21-12-16-26-27-17-15-25(20-34)30(24-14-13-22-9-5-6-10-23(22)19-24)32(27)33(2,3)31(26)29(21)28-11-7-8-18-35(28)4/h5-19H,1-4H3/q+1. The molecule has 6 rings (SSSR count). The van der Waals surface area contributed by atoms with E-state index in [9.17, 15) is 5.26 Å². The monoisotopic (exact) mass is 451 g/mol. The van der Waals surface area contributed by atoms with Gasteiger partial charge in [-0.25, -0.2) is 4.57 Å². The van der Waals surface area contributed by atoms with Gasteiger partial charge in [-0.1, -0.05) is 68.4 Å². The molecule has 0 fully saturated rings. The lowest BCUT2D eigenvalue weighted by Crippen LogP contribution is -2.31. The van der Waals surface area contributed by atoms with Crippen LogP contribution in [0.2, 0.25) is 0 Å². The molecule has 0 saturated heterocycles. The van der Waals surface area contributed by atoms with Gasteiger partial charge in [0.15, 0.2) is 6.20 Å². The van der Waals surface area contributed by atoms with Crippen molar-refractivity contribution >= 4 is 10.8 Å². The molecule has 168 valence electrons. The average Bonchev–Trinajstić information content (AvgIpc) is 3.10. The maximum Gasteiger partial charge on any atom is 0.212 e. The molecule has 0 aliphatic heterocycles. The van der Waals surface area contributed by atoms with Gasteiger partial charge >= 0.3 is 0 Å². The highest BCUT2D eigenvalue weighted by Crippen LogP contribution is 2.56. The van der Waals surface area contributed by atoms with Crippen molar-refractivity contribution in [2.45, 2.75) is 26.2 Å². The van der Waals surface area contributed by atoms with E-state index in [2.05, 4.69) is 124 Å². The minimum atomic E-state index is -0.275. The first-order chi connectivity index (χ1) is 16.9. The van der Waals surface area contributed by atoms with Gasteiger partial charge in [-0.2, -0.15) is 5.26 Å².